The van der Waals surface area contributed by atoms with Crippen molar-refractivity contribution in [3.63, 3.8) is 0 Å². The van der Waals surface area contributed by atoms with Gasteiger partial charge in [-0.15, -0.1) is 0 Å². The second-order valence-corrected chi connectivity index (χ2v) is 6.61. The lowest BCUT2D eigenvalue weighted by atomic mass is 9.37. The van der Waals surface area contributed by atoms with Crippen LogP contribution in [0.2, 0.25) is 0 Å². The van der Waals surface area contributed by atoms with E-state index in [1.165, 1.54) is 6.42 Å². The van der Waals surface area contributed by atoms with Gasteiger partial charge in [0.05, 0.1) is 13.2 Å². The fourth-order valence-electron chi connectivity index (χ4n) is 7.16. The Hall–Kier alpha value is -0.120. The standard InChI is InChI=1S/C12H15NO2/c13-11-5-3-4-6-7(5)8(11)9(6)12(10(4)11)14-1-2-15-12/h4-10H,1-3,13H2/t4-,5+,6-,7+,8?,9?,10+,11-/m1/s1. The lowest BCUT2D eigenvalue weighted by Gasteiger charge is -2.68. The minimum atomic E-state index is -0.198. The van der Waals surface area contributed by atoms with Gasteiger partial charge in [0, 0.05) is 17.4 Å². The summed E-state index contributed by atoms with van der Waals surface area (Å²) in [6, 6.07) is 0. The third-order valence-corrected chi connectivity index (χ3v) is 6.97. The number of rotatable bonds is 0. The maximum atomic E-state index is 6.69. The molecule has 3 heteroatoms. The van der Waals surface area contributed by atoms with Crippen molar-refractivity contribution in [1.82, 2.24) is 0 Å². The molecule has 6 saturated carbocycles. The molecule has 8 atom stereocenters. The van der Waals surface area contributed by atoms with E-state index in [4.69, 9.17) is 15.2 Å². The molecule has 6 aliphatic carbocycles. The van der Waals surface area contributed by atoms with E-state index in [2.05, 4.69) is 0 Å². The zero-order chi connectivity index (χ0) is 9.58. The Balaban J connectivity index is 1.67. The highest BCUT2D eigenvalue weighted by Crippen LogP contribution is 2.92. The Morgan fingerprint density at radius 2 is 1.87 bits per heavy atom. The van der Waals surface area contributed by atoms with Crippen molar-refractivity contribution in [2.45, 2.75) is 17.7 Å². The molecule has 3 nitrogen and oxygen atoms in total. The van der Waals surface area contributed by atoms with Crippen LogP contribution in [-0.2, 0) is 9.47 Å². The highest BCUT2D eigenvalue weighted by atomic mass is 16.7. The van der Waals surface area contributed by atoms with Gasteiger partial charge in [-0.3, -0.25) is 0 Å². The molecule has 1 spiro atoms. The molecule has 4 bridgehead atoms. The van der Waals surface area contributed by atoms with Crippen LogP contribution in [-0.4, -0.2) is 24.5 Å². The molecule has 0 aromatic carbocycles. The summed E-state index contributed by atoms with van der Waals surface area (Å²) in [5.74, 6) is 5.43. The largest absolute Gasteiger partial charge is 0.347 e. The van der Waals surface area contributed by atoms with Gasteiger partial charge in [-0.2, -0.15) is 0 Å². The summed E-state index contributed by atoms with van der Waals surface area (Å²) >= 11 is 0. The molecule has 7 fully saturated rings. The molecule has 1 saturated heterocycles. The van der Waals surface area contributed by atoms with Crippen LogP contribution < -0.4 is 5.73 Å². The van der Waals surface area contributed by atoms with Crippen molar-refractivity contribution in [2.75, 3.05) is 13.2 Å². The number of nitrogens with two attached hydrogens (primary N) is 1. The van der Waals surface area contributed by atoms with Crippen molar-refractivity contribution in [2.24, 2.45) is 47.2 Å². The molecule has 80 valence electrons. The Morgan fingerprint density at radius 1 is 1.07 bits per heavy atom. The molecule has 2 unspecified atom stereocenters. The SMILES string of the molecule is N[C@@]12C3C4[C@@H]5[C@@H](C[C@H]1[C@H]35)[C@@H]2C41OCCO1. The van der Waals surface area contributed by atoms with E-state index < -0.39 is 0 Å². The molecule has 0 aromatic rings. The first-order chi connectivity index (χ1) is 7.30. The second-order valence-electron chi connectivity index (χ2n) is 6.61. The maximum absolute atomic E-state index is 6.69. The summed E-state index contributed by atoms with van der Waals surface area (Å²) in [6.45, 7) is 1.59. The van der Waals surface area contributed by atoms with Crippen molar-refractivity contribution >= 4 is 0 Å². The summed E-state index contributed by atoms with van der Waals surface area (Å²) in [7, 11) is 0. The predicted octanol–water partition coefficient (Wildman–Crippen LogP) is 0.198. The quantitative estimate of drug-likeness (QED) is 0.614. The monoisotopic (exact) mass is 205 g/mol. The van der Waals surface area contributed by atoms with Crippen molar-refractivity contribution in [3.05, 3.63) is 0 Å². The zero-order valence-electron chi connectivity index (χ0n) is 8.56. The van der Waals surface area contributed by atoms with Crippen LogP contribution >= 0.6 is 0 Å². The molecule has 7 rings (SSSR count). The van der Waals surface area contributed by atoms with Gasteiger partial charge in [0.2, 0.25) is 0 Å². The van der Waals surface area contributed by atoms with Gasteiger partial charge in [-0.1, -0.05) is 0 Å². The molecule has 7 aliphatic rings. The van der Waals surface area contributed by atoms with Gasteiger partial charge in [-0.05, 0) is 36.0 Å². The molecule has 1 aliphatic heterocycles. The van der Waals surface area contributed by atoms with Crippen molar-refractivity contribution in [3.8, 4) is 0 Å². The summed E-state index contributed by atoms with van der Waals surface area (Å²) in [4.78, 5) is 0. The van der Waals surface area contributed by atoms with Gasteiger partial charge < -0.3 is 15.2 Å². The molecular formula is C12H15NO2. The van der Waals surface area contributed by atoms with E-state index in [-0.39, 0.29) is 11.3 Å². The van der Waals surface area contributed by atoms with E-state index in [0.29, 0.717) is 11.8 Å². The summed E-state index contributed by atoms with van der Waals surface area (Å²) in [6.07, 6.45) is 1.39. The Kier molecular flexibility index (Phi) is 0.776. The first-order valence-corrected chi connectivity index (χ1v) is 6.37. The highest BCUT2D eigenvalue weighted by molar-refractivity contribution is 5.45. The molecular weight excluding hydrogens is 190 g/mol. The average molecular weight is 205 g/mol. The molecule has 15 heavy (non-hydrogen) atoms. The van der Waals surface area contributed by atoms with Crippen LogP contribution in [0.3, 0.4) is 0 Å². The first kappa shape index (κ1) is 7.25. The van der Waals surface area contributed by atoms with E-state index in [9.17, 15) is 0 Å². The van der Waals surface area contributed by atoms with Crippen LogP contribution in [0.4, 0.5) is 0 Å². The lowest BCUT2D eigenvalue weighted by Crippen LogP contribution is -2.76. The smallest absolute Gasteiger partial charge is 0.176 e. The number of hydrogen-bond acceptors (Lipinski definition) is 3. The van der Waals surface area contributed by atoms with E-state index in [1.54, 1.807) is 0 Å². The topological polar surface area (TPSA) is 44.5 Å². The number of ether oxygens (including phenoxy) is 2. The Morgan fingerprint density at radius 3 is 2.60 bits per heavy atom. The molecule has 0 aromatic heterocycles. The van der Waals surface area contributed by atoms with E-state index in [0.717, 1.165) is 42.8 Å². The zero-order valence-corrected chi connectivity index (χ0v) is 8.56. The molecule has 0 radical (unpaired) electrons. The van der Waals surface area contributed by atoms with Crippen LogP contribution in [0.15, 0.2) is 0 Å². The Labute approximate surface area is 88.3 Å². The van der Waals surface area contributed by atoms with Gasteiger partial charge in [0.1, 0.15) is 0 Å². The Bertz CT molecular complexity index is 404. The summed E-state index contributed by atoms with van der Waals surface area (Å²) < 4.78 is 12.1. The lowest BCUT2D eigenvalue weighted by molar-refractivity contribution is -0.229. The minimum Gasteiger partial charge on any atom is -0.347 e. The van der Waals surface area contributed by atoms with Gasteiger partial charge in [0.25, 0.3) is 0 Å². The van der Waals surface area contributed by atoms with Crippen molar-refractivity contribution in [1.29, 1.82) is 0 Å². The fraction of sp³-hybridized carbons (Fsp3) is 1.00. The first-order valence-electron chi connectivity index (χ1n) is 6.37. The van der Waals surface area contributed by atoms with E-state index in [1.807, 2.05) is 0 Å². The van der Waals surface area contributed by atoms with Crippen molar-refractivity contribution < 1.29 is 9.47 Å². The second kappa shape index (κ2) is 1.60. The van der Waals surface area contributed by atoms with Crippen LogP contribution in [0.25, 0.3) is 0 Å². The third-order valence-electron chi connectivity index (χ3n) is 6.97. The van der Waals surface area contributed by atoms with E-state index >= 15 is 0 Å². The molecule has 0 amide bonds. The van der Waals surface area contributed by atoms with Crippen LogP contribution in [0.1, 0.15) is 6.42 Å². The van der Waals surface area contributed by atoms with Crippen LogP contribution in [0.5, 0.6) is 0 Å². The van der Waals surface area contributed by atoms with Crippen LogP contribution in [0, 0.1) is 41.4 Å². The summed E-state index contributed by atoms with van der Waals surface area (Å²) in [5.41, 5.74) is 6.83. The predicted molar refractivity (Wildman–Crippen MR) is 50.6 cm³/mol. The fourth-order valence-corrected chi connectivity index (χ4v) is 7.16. The molecule has 2 N–H and O–H groups in total. The highest BCUT2D eigenvalue weighted by Gasteiger charge is 2.97. The van der Waals surface area contributed by atoms with Gasteiger partial charge in [-0.25, -0.2) is 0 Å². The summed E-state index contributed by atoms with van der Waals surface area (Å²) in [5, 5.41) is 0. The van der Waals surface area contributed by atoms with Gasteiger partial charge >= 0.3 is 0 Å². The normalized spacial score (nSPS) is 77.8. The molecule has 1 heterocycles. The minimum absolute atomic E-state index is 0.138. The third kappa shape index (κ3) is 0.390. The maximum Gasteiger partial charge on any atom is 0.176 e. The number of hydrogen-bond donors (Lipinski definition) is 1. The van der Waals surface area contributed by atoms with Gasteiger partial charge in [0.15, 0.2) is 5.79 Å². The average Bonchev–Trinajstić information content (AvgIpc) is 2.80.